The molecule has 0 bridgehead atoms. The largest absolute Gasteiger partial charge is 0.321 e. The summed E-state index contributed by atoms with van der Waals surface area (Å²) in [5.74, 6) is -0.525. The van der Waals surface area contributed by atoms with Crippen LogP contribution in [0.25, 0.3) is 11.0 Å². The van der Waals surface area contributed by atoms with Gasteiger partial charge in [-0.1, -0.05) is 13.3 Å². The summed E-state index contributed by atoms with van der Waals surface area (Å²) in [6.45, 7) is 3.90. The number of hydrogen-bond donors (Lipinski definition) is 0. The van der Waals surface area contributed by atoms with Gasteiger partial charge in [-0.25, -0.2) is 13.8 Å². The van der Waals surface area contributed by atoms with Crippen molar-refractivity contribution in [1.82, 2.24) is 9.55 Å². The highest BCUT2D eigenvalue weighted by Gasteiger charge is 2.40. The molecule has 0 N–H and O–H groups in total. The molecule has 0 spiro atoms. The highest BCUT2D eigenvalue weighted by atomic mass is 35.5. The summed E-state index contributed by atoms with van der Waals surface area (Å²) in [5.41, 5.74) is 0.728. The van der Waals surface area contributed by atoms with Gasteiger partial charge in [-0.15, -0.1) is 11.6 Å². The zero-order valence-corrected chi connectivity index (χ0v) is 11.6. The molecule has 0 radical (unpaired) electrons. The van der Waals surface area contributed by atoms with Crippen molar-refractivity contribution in [2.24, 2.45) is 5.92 Å². The third kappa shape index (κ3) is 1.93. The third-order valence-corrected chi connectivity index (χ3v) is 4.06. The second-order valence-electron chi connectivity index (χ2n) is 5.16. The number of aromatic nitrogens is 2. The minimum Gasteiger partial charge on any atom is -0.321 e. The van der Waals surface area contributed by atoms with Crippen molar-refractivity contribution in [2.45, 2.75) is 38.1 Å². The average Bonchev–Trinajstić information content (AvgIpc) is 3.05. The Morgan fingerprint density at radius 3 is 2.79 bits per heavy atom. The van der Waals surface area contributed by atoms with Crippen molar-refractivity contribution in [3.05, 3.63) is 29.6 Å². The van der Waals surface area contributed by atoms with Gasteiger partial charge in [-0.2, -0.15) is 0 Å². The first-order valence-corrected chi connectivity index (χ1v) is 6.98. The molecule has 1 fully saturated rings. The lowest BCUT2D eigenvalue weighted by atomic mass is 10.2. The summed E-state index contributed by atoms with van der Waals surface area (Å²) < 4.78 is 29.3. The predicted molar refractivity (Wildman–Crippen MR) is 71.4 cm³/mol. The number of imidazole rings is 1. The number of nitrogens with zero attached hydrogens (tertiary/aromatic N) is 2. The lowest BCUT2D eigenvalue weighted by Gasteiger charge is -2.10. The van der Waals surface area contributed by atoms with E-state index in [-0.39, 0.29) is 16.9 Å². The molecule has 2 aromatic rings. The summed E-state index contributed by atoms with van der Waals surface area (Å²) in [7, 11) is 0. The van der Waals surface area contributed by atoms with E-state index in [2.05, 4.69) is 11.9 Å². The molecule has 0 aliphatic heterocycles. The summed E-state index contributed by atoms with van der Waals surface area (Å²) in [6, 6.07) is 2.82. The molecule has 1 aromatic carbocycles. The van der Waals surface area contributed by atoms with Gasteiger partial charge in [0.25, 0.3) is 0 Å². The molecule has 19 heavy (non-hydrogen) atoms. The first kappa shape index (κ1) is 12.9. The smallest absolute Gasteiger partial charge is 0.184 e. The maximum atomic E-state index is 14.1. The van der Waals surface area contributed by atoms with Crippen molar-refractivity contribution < 1.29 is 8.78 Å². The fourth-order valence-corrected chi connectivity index (χ4v) is 2.90. The molecule has 1 saturated carbocycles. The van der Waals surface area contributed by atoms with Crippen molar-refractivity contribution in [3.8, 4) is 0 Å². The molecule has 102 valence electrons. The van der Waals surface area contributed by atoms with E-state index in [1.165, 1.54) is 6.07 Å². The Labute approximate surface area is 115 Å². The minimum absolute atomic E-state index is 0.197. The Morgan fingerprint density at radius 1 is 1.47 bits per heavy atom. The topological polar surface area (TPSA) is 17.8 Å². The van der Waals surface area contributed by atoms with E-state index in [1.54, 1.807) is 11.5 Å². The quantitative estimate of drug-likeness (QED) is 0.754. The normalized spacial score (nSPS) is 23.8. The van der Waals surface area contributed by atoms with Gasteiger partial charge in [0, 0.05) is 6.04 Å². The third-order valence-electron chi connectivity index (χ3n) is 3.87. The number of benzene rings is 1. The van der Waals surface area contributed by atoms with Crippen molar-refractivity contribution >= 4 is 22.6 Å². The van der Waals surface area contributed by atoms with Crippen LogP contribution in [0.5, 0.6) is 0 Å². The highest BCUT2D eigenvalue weighted by molar-refractivity contribution is 6.20. The van der Waals surface area contributed by atoms with Gasteiger partial charge in [-0.05, 0) is 31.4 Å². The molecule has 3 unspecified atom stereocenters. The molecule has 3 atom stereocenters. The molecular formula is C14H15ClF2N2. The first-order chi connectivity index (χ1) is 9.04. The number of rotatable bonds is 3. The van der Waals surface area contributed by atoms with Crippen molar-refractivity contribution in [3.63, 3.8) is 0 Å². The first-order valence-electron chi connectivity index (χ1n) is 6.54. The van der Waals surface area contributed by atoms with E-state index in [4.69, 9.17) is 11.6 Å². The molecule has 0 amide bonds. The van der Waals surface area contributed by atoms with E-state index in [0.29, 0.717) is 17.3 Å². The molecule has 0 saturated heterocycles. The summed E-state index contributed by atoms with van der Waals surface area (Å²) in [5, 5.41) is -0.326. The number of halogens is 3. The van der Waals surface area contributed by atoms with E-state index >= 15 is 0 Å². The number of fused-ring (bicyclic) bond motifs is 1. The summed E-state index contributed by atoms with van der Waals surface area (Å²) in [6.07, 6.45) is 2.01. The van der Waals surface area contributed by atoms with Gasteiger partial charge in [0.05, 0.1) is 10.9 Å². The zero-order chi connectivity index (χ0) is 13.7. The van der Waals surface area contributed by atoms with Crippen LogP contribution in [0.2, 0.25) is 0 Å². The van der Waals surface area contributed by atoms with Gasteiger partial charge in [0.15, 0.2) is 11.6 Å². The van der Waals surface area contributed by atoms with Gasteiger partial charge < -0.3 is 4.57 Å². The SMILES string of the molecule is CCC1CC1n1c(C(C)Cl)nc2ccc(F)c(F)c21. The van der Waals surface area contributed by atoms with Crippen LogP contribution in [-0.2, 0) is 0 Å². The summed E-state index contributed by atoms with van der Waals surface area (Å²) >= 11 is 6.14. The van der Waals surface area contributed by atoms with E-state index in [9.17, 15) is 8.78 Å². The van der Waals surface area contributed by atoms with Gasteiger partial charge in [-0.3, -0.25) is 0 Å². The lowest BCUT2D eigenvalue weighted by Crippen LogP contribution is -2.05. The summed E-state index contributed by atoms with van der Waals surface area (Å²) in [4.78, 5) is 4.37. The van der Waals surface area contributed by atoms with Crippen molar-refractivity contribution in [1.29, 1.82) is 0 Å². The molecular weight excluding hydrogens is 270 g/mol. The van der Waals surface area contributed by atoms with Crippen LogP contribution in [0, 0.1) is 17.6 Å². The standard InChI is InChI=1S/C14H15ClF2N2/c1-3-8-6-11(8)19-13-10(18-14(19)7(2)15)5-4-9(16)12(13)17/h4-5,7-8,11H,3,6H2,1-2H3. The lowest BCUT2D eigenvalue weighted by molar-refractivity contribution is 0.508. The van der Waals surface area contributed by atoms with Gasteiger partial charge >= 0.3 is 0 Å². The van der Waals surface area contributed by atoms with Crippen LogP contribution in [-0.4, -0.2) is 9.55 Å². The van der Waals surface area contributed by atoms with Gasteiger partial charge in [0.1, 0.15) is 11.3 Å². The maximum absolute atomic E-state index is 14.1. The molecule has 1 aliphatic rings. The van der Waals surface area contributed by atoms with Crippen LogP contribution < -0.4 is 0 Å². The second-order valence-corrected chi connectivity index (χ2v) is 5.81. The van der Waals surface area contributed by atoms with Crippen LogP contribution in [0.4, 0.5) is 8.78 Å². The Morgan fingerprint density at radius 2 is 2.21 bits per heavy atom. The minimum atomic E-state index is -0.837. The molecule has 1 aromatic heterocycles. The second kappa shape index (κ2) is 4.44. The number of hydrogen-bond acceptors (Lipinski definition) is 1. The molecule has 3 rings (SSSR count). The fourth-order valence-electron chi connectivity index (χ4n) is 2.74. The molecule has 1 heterocycles. The van der Waals surface area contributed by atoms with Gasteiger partial charge in [0.2, 0.25) is 0 Å². The van der Waals surface area contributed by atoms with Crippen LogP contribution in [0.3, 0.4) is 0 Å². The van der Waals surface area contributed by atoms with E-state index in [0.717, 1.165) is 18.9 Å². The number of alkyl halides is 1. The zero-order valence-electron chi connectivity index (χ0n) is 10.8. The van der Waals surface area contributed by atoms with Crippen LogP contribution >= 0.6 is 11.6 Å². The Balaban J connectivity index is 2.26. The predicted octanol–water partition coefficient (Wildman–Crippen LogP) is 4.59. The Bertz CT molecular complexity index is 636. The maximum Gasteiger partial charge on any atom is 0.184 e. The fraction of sp³-hybridized carbons (Fsp3) is 0.500. The van der Waals surface area contributed by atoms with Crippen LogP contribution in [0.15, 0.2) is 12.1 Å². The van der Waals surface area contributed by atoms with Crippen LogP contribution in [0.1, 0.15) is 43.9 Å². The molecule has 1 aliphatic carbocycles. The van der Waals surface area contributed by atoms with E-state index in [1.807, 2.05) is 0 Å². The Hall–Kier alpha value is -1.16. The highest BCUT2D eigenvalue weighted by Crippen LogP contribution is 2.49. The molecule has 2 nitrogen and oxygen atoms in total. The molecule has 5 heteroatoms. The Kier molecular flexibility index (Phi) is 3.01. The monoisotopic (exact) mass is 284 g/mol. The van der Waals surface area contributed by atoms with Crippen molar-refractivity contribution in [2.75, 3.05) is 0 Å². The average molecular weight is 285 g/mol. The van der Waals surface area contributed by atoms with E-state index < -0.39 is 11.6 Å².